The topological polar surface area (TPSA) is 43.8 Å². The molecule has 0 spiro atoms. The van der Waals surface area contributed by atoms with E-state index in [1.54, 1.807) is 0 Å². The van der Waals surface area contributed by atoms with Gasteiger partial charge < -0.3 is 14.9 Å². The minimum atomic E-state index is 0.127. The first-order valence-electron chi connectivity index (χ1n) is 7.62. The second-order valence-electron chi connectivity index (χ2n) is 5.82. The summed E-state index contributed by atoms with van der Waals surface area (Å²) < 4.78 is 0. The van der Waals surface area contributed by atoms with Crippen molar-refractivity contribution in [3.63, 3.8) is 0 Å². The Hall–Kier alpha value is -1.55. The van der Waals surface area contributed by atoms with Crippen LogP contribution in [0, 0.1) is 0 Å². The van der Waals surface area contributed by atoms with Gasteiger partial charge in [-0.25, -0.2) is 0 Å². The molecular weight excluding hydrogens is 264 g/mol. The number of amides is 1. The van der Waals surface area contributed by atoms with Crippen LogP contribution in [0.4, 0.5) is 5.69 Å². The lowest BCUT2D eigenvalue weighted by atomic mass is 10.1. The number of hydrogen-bond donors (Lipinski definition) is 1. The molecule has 0 aromatic heterocycles. The van der Waals surface area contributed by atoms with Crippen molar-refractivity contribution in [1.29, 1.82) is 0 Å². The molecule has 0 atom stereocenters. The van der Waals surface area contributed by atoms with Crippen molar-refractivity contribution in [2.45, 2.75) is 39.2 Å². The van der Waals surface area contributed by atoms with E-state index < -0.39 is 0 Å². The average Bonchev–Trinajstić information content (AvgIpc) is 2.45. The zero-order valence-corrected chi connectivity index (χ0v) is 13.7. The summed E-state index contributed by atoms with van der Waals surface area (Å²) in [4.78, 5) is 16.2. The molecule has 4 heteroatoms. The minimum absolute atomic E-state index is 0.127. The van der Waals surface area contributed by atoms with E-state index in [4.69, 9.17) is 5.11 Å². The van der Waals surface area contributed by atoms with Gasteiger partial charge in [0.15, 0.2) is 0 Å². The number of nitrogens with zero attached hydrogens (tertiary/aromatic N) is 2. The summed E-state index contributed by atoms with van der Waals surface area (Å²) in [5.41, 5.74) is 2.34. The average molecular weight is 292 g/mol. The Morgan fingerprint density at radius 2 is 1.81 bits per heavy atom. The van der Waals surface area contributed by atoms with Crippen molar-refractivity contribution in [3.8, 4) is 0 Å². The van der Waals surface area contributed by atoms with Crippen molar-refractivity contribution in [1.82, 2.24) is 4.90 Å². The van der Waals surface area contributed by atoms with E-state index in [-0.39, 0.29) is 18.6 Å². The lowest BCUT2D eigenvalue weighted by molar-refractivity contribution is -0.133. The van der Waals surface area contributed by atoms with Crippen molar-refractivity contribution < 1.29 is 9.90 Å². The highest BCUT2D eigenvalue weighted by atomic mass is 16.3. The van der Waals surface area contributed by atoms with Crippen LogP contribution in [0.5, 0.6) is 0 Å². The normalized spacial score (nSPS) is 10.8. The van der Waals surface area contributed by atoms with E-state index in [9.17, 15) is 4.79 Å². The Kier molecular flexibility index (Phi) is 7.23. The molecular formula is C17H28N2O2. The van der Waals surface area contributed by atoms with Gasteiger partial charge in [-0.05, 0) is 44.4 Å². The highest BCUT2D eigenvalue weighted by Crippen LogP contribution is 2.14. The first-order chi connectivity index (χ1) is 9.95. The van der Waals surface area contributed by atoms with Crippen molar-refractivity contribution >= 4 is 11.6 Å². The zero-order valence-electron chi connectivity index (χ0n) is 13.7. The minimum Gasteiger partial charge on any atom is -0.396 e. The lowest BCUT2D eigenvalue weighted by Gasteiger charge is -2.26. The fourth-order valence-corrected chi connectivity index (χ4v) is 2.27. The van der Waals surface area contributed by atoms with Gasteiger partial charge in [0.2, 0.25) is 5.91 Å². The fraction of sp³-hybridized carbons (Fsp3) is 0.588. The number of benzene rings is 1. The van der Waals surface area contributed by atoms with Crippen LogP contribution >= 0.6 is 0 Å². The Morgan fingerprint density at radius 3 is 2.29 bits per heavy atom. The first kappa shape index (κ1) is 17.5. The molecule has 0 bridgehead atoms. The predicted molar refractivity (Wildman–Crippen MR) is 87.6 cm³/mol. The predicted octanol–water partition coefficient (Wildman–Crippen LogP) is 2.30. The molecule has 0 heterocycles. The van der Waals surface area contributed by atoms with Gasteiger partial charge in [-0.2, -0.15) is 0 Å². The number of aliphatic hydroxyl groups is 1. The first-order valence-corrected chi connectivity index (χ1v) is 7.62. The zero-order chi connectivity index (χ0) is 15.8. The van der Waals surface area contributed by atoms with Gasteiger partial charge in [-0.15, -0.1) is 0 Å². The maximum Gasteiger partial charge on any atom is 0.223 e. The van der Waals surface area contributed by atoms with E-state index in [0.717, 1.165) is 12.1 Å². The summed E-state index contributed by atoms with van der Waals surface area (Å²) in [6.07, 6.45) is 1.92. The molecule has 1 amide bonds. The maximum atomic E-state index is 12.3. The van der Waals surface area contributed by atoms with Gasteiger partial charge in [-0.3, -0.25) is 4.79 Å². The monoisotopic (exact) mass is 292 g/mol. The number of carbonyl (C=O) groups is 1. The number of anilines is 1. The third-order valence-corrected chi connectivity index (χ3v) is 3.58. The molecule has 0 aliphatic rings. The fourth-order valence-electron chi connectivity index (χ4n) is 2.27. The number of carbonyl (C=O) groups excluding carboxylic acids is 1. The van der Waals surface area contributed by atoms with E-state index in [1.165, 1.54) is 5.56 Å². The quantitative estimate of drug-likeness (QED) is 0.799. The van der Waals surface area contributed by atoms with Crippen LogP contribution in [-0.2, 0) is 11.2 Å². The molecule has 0 aliphatic carbocycles. The van der Waals surface area contributed by atoms with Crippen molar-refractivity contribution in [2.24, 2.45) is 0 Å². The highest BCUT2D eigenvalue weighted by molar-refractivity contribution is 5.76. The Labute approximate surface area is 128 Å². The second kappa shape index (κ2) is 8.67. The van der Waals surface area contributed by atoms with E-state index in [2.05, 4.69) is 29.2 Å². The highest BCUT2D eigenvalue weighted by Gasteiger charge is 2.16. The third kappa shape index (κ3) is 5.76. The van der Waals surface area contributed by atoms with Crippen LogP contribution < -0.4 is 4.90 Å². The van der Waals surface area contributed by atoms with Gasteiger partial charge >= 0.3 is 0 Å². The molecule has 118 valence electrons. The molecule has 0 radical (unpaired) electrons. The lowest BCUT2D eigenvalue weighted by Crippen LogP contribution is -2.38. The molecule has 1 aromatic rings. The molecule has 1 N–H and O–H groups in total. The van der Waals surface area contributed by atoms with Gasteiger partial charge in [0.05, 0.1) is 0 Å². The summed E-state index contributed by atoms with van der Waals surface area (Å²) in [5, 5.41) is 8.92. The SMILES string of the molecule is CC(C)N(CCCO)C(=O)CCc1ccc(N(C)C)cc1. The van der Waals surface area contributed by atoms with Crippen LogP contribution in [0.15, 0.2) is 24.3 Å². The van der Waals surface area contributed by atoms with Crippen LogP contribution in [0.25, 0.3) is 0 Å². The van der Waals surface area contributed by atoms with Crippen molar-refractivity contribution in [3.05, 3.63) is 29.8 Å². The van der Waals surface area contributed by atoms with Gasteiger partial charge in [-0.1, -0.05) is 12.1 Å². The Bertz CT molecular complexity index is 427. The van der Waals surface area contributed by atoms with Crippen LogP contribution in [-0.4, -0.2) is 49.2 Å². The molecule has 0 aliphatic heterocycles. The van der Waals surface area contributed by atoms with E-state index >= 15 is 0 Å². The van der Waals surface area contributed by atoms with Crippen LogP contribution in [0.2, 0.25) is 0 Å². The number of aryl methyl sites for hydroxylation is 1. The molecule has 0 unspecified atom stereocenters. The summed E-state index contributed by atoms with van der Waals surface area (Å²) in [5.74, 6) is 0.162. The summed E-state index contributed by atoms with van der Waals surface area (Å²) in [6, 6.07) is 8.49. The van der Waals surface area contributed by atoms with E-state index in [0.29, 0.717) is 19.4 Å². The van der Waals surface area contributed by atoms with Crippen LogP contribution in [0.3, 0.4) is 0 Å². The van der Waals surface area contributed by atoms with Gasteiger partial charge in [0, 0.05) is 45.4 Å². The molecule has 4 nitrogen and oxygen atoms in total. The molecule has 0 saturated heterocycles. The van der Waals surface area contributed by atoms with Gasteiger partial charge in [0.1, 0.15) is 0 Å². The van der Waals surface area contributed by atoms with Gasteiger partial charge in [0.25, 0.3) is 0 Å². The number of hydrogen-bond acceptors (Lipinski definition) is 3. The smallest absolute Gasteiger partial charge is 0.223 e. The maximum absolute atomic E-state index is 12.3. The summed E-state index contributed by atoms with van der Waals surface area (Å²) >= 11 is 0. The summed E-state index contributed by atoms with van der Waals surface area (Å²) in [6.45, 7) is 4.79. The molecule has 0 fully saturated rings. The van der Waals surface area contributed by atoms with E-state index in [1.807, 2.05) is 32.8 Å². The molecule has 1 rings (SSSR count). The third-order valence-electron chi connectivity index (χ3n) is 3.58. The number of rotatable bonds is 8. The molecule has 1 aromatic carbocycles. The standard InChI is InChI=1S/C17H28N2O2/c1-14(2)19(12-5-13-20)17(21)11-8-15-6-9-16(10-7-15)18(3)4/h6-7,9-10,14,20H,5,8,11-13H2,1-4H3. The molecule has 21 heavy (non-hydrogen) atoms. The largest absolute Gasteiger partial charge is 0.396 e. The Balaban J connectivity index is 2.54. The van der Waals surface area contributed by atoms with Crippen molar-refractivity contribution in [2.75, 3.05) is 32.1 Å². The van der Waals surface area contributed by atoms with Crippen LogP contribution in [0.1, 0.15) is 32.3 Å². The Morgan fingerprint density at radius 1 is 1.19 bits per heavy atom. The summed E-state index contributed by atoms with van der Waals surface area (Å²) in [7, 11) is 4.03. The second-order valence-corrected chi connectivity index (χ2v) is 5.82. The number of aliphatic hydroxyl groups excluding tert-OH is 1. The molecule has 0 saturated carbocycles.